The molecule has 12 N–H and O–H groups in total. The van der Waals surface area contributed by atoms with Crippen LogP contribution >= 0.6 is 0 Å². The number of hydrogen-bond acceptors (Lipinski definition) is 25. The topological polar surface area (TPSA) is 410 Å². The zero-order chi connectivity index (χ0) is 56.2. The van der Waals surface area contributed by atoms with Crippen molar-refractivity contribution in [2.24, 2.45) is 10.8 Å². The highest BCUT2D eigenvalue weighted by molar-refractivity contribution is 5.93. The monoisotopic (exact) mass is 1070 g/mol. The predicted molar refractivity (Wildman–Crippen MR) is 256 cm³/mol. The van der Waals surface area contributed by atoms with Crippen LogP contribution in [-0.2, 0) is 33.2 Å². The molecule has 0 aliphatic carbocycles. The number of hydrogen-bond donors (Lipinski definition) is 12. The number of esters is 6. The summed E-state index contributed by atoms with van der Waals surface area (Å²) >= 11 is 0. The van der Waals surface area contributed by atoms with Crippen molar-refractivity contribution in [3.63, 3.8) is 0 Å². The molecule has 25 nitrogen and oxygen atoms in total. The van der Waals surface area contributed by atoms with Gasteiger partial charge in [-0.3, -0.25) is 0 Å². The van der Waals surface area contributed by atoms with Gasteiger partial charge in [-0.1, -0.05) is 0 Å². The average Bonchev–Trinajstić information content (AvgIpc) is 3.34. The molecule has 0 radical (unpaired) electrons. The van der Waals surface area contributed by atoms with Crippen LogP contribution in [0.25, 0.3) is 0 Å². The molecular formula is C52H46O25. The maximum absolute atomic E-state index is 13.6. The zero-order valence-corrected chi connectivity index (χ0v) is 39.7. The van der Waals surface area contributed by atoms with E-state index in [1.165, 1.54) is 0 Å². The number of carbonyl (C=O) groups excluding carboxylic acids is 6. The van der Waals surface area contributed by atoms with Crippen molar-refractivity contribution in [3.8, 4) is 69.0 Å². The van der Waals surface area contributed by atoms with Crippen molar-refractivity contribution < 1.29 is 123 Å². The summed E-state index contributed by atoms with van der Waals surface area (Å²) < 4.78 is 39.6. The van der Waals surface area contributed by atoms with Crippen molar-refractivity contribution in [3.05, 3.63) is 143 Å². The third kappa shape index (κ3) is 15.8. The highest BCUT2D eigenvalue weighted by Gasteiger charge is 2.42. The maximum atomic E-state index is 13.6. The summed E-state index contributed by atoms with van der Waals surface area (Å²) in [7, 11) is 0. The summed E-state index contributed by atoms with van der Waals surface area (Å²) in [5.74, 6) is -14.6. The molecule has 0 aliphatic rings. The predicted octanol–water partition coefficient (Wildman–Crippen LogP) is 4.59. The molecule has 0 saturated carbocycles. The van der Waals surface area contributed by atoms with E-state index in [0.717, 1.165) is 109 Å². The standard InChI is InChI=1S/C52H46O25/c53-33-1-27(2-34(54)13-33)45(65)72-21-51(22-73-46(66)28-3-35(55)14-36(56)4-28,23-74-47(67)29-5-37(57)15-38(58)6-29)19-71-20-52(24-75-48(68)30-7-39(59)16-40(60)8-30,25-76-49(69)31-9-41(61)17-42(62)10-31)26-77-50(70)32-11-43(63)18-44(64)12-32/h1-18,53-64H,19-26H2. The first-order chi connectivity index (χ1) is 36.4. The number of benzene rings is 6. The second-order valence-electron chi connectivity index (χ2n) is 17.4. The molecule has 77 heavy (non-hydrogen) atoms. The fourth-order valence-corrected chi connectivity index (χ4v) is 7.07. The Hall–Kier alpha value is -10.3. The molecule has 0 spiro atoms. The highest BCUT2D eigenvalue weighted by Crippen LogP contribution is 2.32. The number of rotatable bonds is 22. The van der Waals surface area contributed by atoms with Gasteiger partial charge < -0.3 is 94.4 Å². The van der Waals surface area contributed by atoms with Gasteiger partial charge in [-0.2, -0.15) is 0 Å². The zero-order valence-electron chi connectivity index (χ0n) is 39.7. The van der Waals surface area contributed by atoms with Gasteiger partial charge in [0.2, 0.25) is 0 Å². The van der Waals surface area contributed by atoms with Crippen LogP contribution in [0.4, 0.5) is 0 Å². The van der Waals surface area contributed by atoms with E-state index >= 15 is 0 Å². The lowest BCUT2D eigenvalue weighted by molar-refractivity contribution is -0.112. The summed E-state index contributed by atoms with van der Waals surface area (Å²) in [4.78, 5) is 81.4. The molecule has 404 valence electrons. The Morgan fingerprint density at radius 1 is 0.234 bits per heavy atom. The average molecular weight is 1070 g/mol. The third-order valence-corrected chi connectivity index (χ3v) is 10.7. The minimum absolute atomic E-state index is 0.443. The number of aromatic hydroxyl groups is 12. The number of ether oxygens (including phenoxy) is 7. The highest BCUT2D eigenvalue weighted by atomic mass is 16.6. The molecular weight excluding hydrogens is 1020 g/mol. The summed E-state index contributed by atoms with van der Waals surface area (Å²) in [6.07, 6.45) is 0. The van der Waals surface area contributed by atoms with Gasteiger partial charge in [0, 0.05) is 36.4 Å². The van der Waals surface area contributed by atoms with Crippen LogP contribution in [0.1, 0.15) is 62.1 Å². The van der Waals surface area contributed by atoms with Crippen molar-refractivity contribution in [2.75, 3.05) is 52.9 Å². The van der Waals surface area contributed by atoms with E-state index in [1.54, 1.807) is 0 Å². The van der Waals surface area contributed by atoms with Crippen LogP contribution < -0.4 is 0 Å². The second kappa shape index (κ2) is 24.2. The minimum Gasteiger partial charge on any atom is -0.508 e. The molecule has 0 aliphatic heterocycles. The second-order valence-corrected chi connectivity index (χ2v) is 17.4. The van der Waals surface area contributed by atoms with Crippen molar-refractivity contribution in [1.29, 1.82) is 0 Å². The first kappa shape index (κ1) is 56.0. The van der Waals surface area contributed by atoms with E-state index < -0.39 is 202 Å². The first-order valence-electron chi connectivity index (χ1n) is 22.2. The fourth-order valence-electron chi connectivity index (χ4n) is 7.07. The van der Waals surface area contributed by atoms with E-state index in [-0.39, 0.29) is 0 Å². The molecule has 6 aromatic carbocycles. The lowest BCUT2D eigenvalue weighted by Gasteiger charge is -2.35. The number of phenolic OH excluding ortho intramolecular Hbond substituents is 12. The van der Waals surface area contributed by atoms with Gasteiger partial charge in [0.15, 0.2) is 0 Å². The van der Waals surface area contributed by atoms with Crippen molar-refractivity contribution in [1.82, 2.24) is 0 Å². The first-order valence-corrected chi connectivity index (χ1v) is 22.2. The number of phenols is 12. The lowest BCUT2D eigenvalue weighted by Crippen LogP contribution is -2.47. The van der Waals surface area contributed by atoms with Crippen LogP contribution in [-0.4, -0.2) is 150 Å². The molecule has 0 amide bonds. The molecule has 25 heteroatoms. The molecule has 0 aromatic heterocycles. The van der Waals surface area contributed by atoms with Gasteiger partial charge in [-0.15, -0.1) is 0 Å². The Morgan fingerprint density at radius 3 is 0.494 bits per heavy atom. The quantitative estimate of drug-likeness (QED) is 0.0327. The van der Waals surface area contributed by atoms with Gasteiger partial charge in [-0.25, -0.2) is 28.8 Å². The summed E-state index contributed by atoms with van der Waals surface area (Å²) in [5.41, 5.74) is -7.01. The summed E-state index contributed by atoms with van der Waals surface area (Å²) in [5, 5.41) is 121. The molecule has 0 atom stereocenters. The van der Waals surface area contributed by atoms with Crippen LogP contribution in [0, 0.1) is 10.8 Å². The molecule has 0 saturated heterocycles. The van der Waals surface area contributed by atoms with E-state index in [9.17, 15) is 90.0 Å². The molecule has 6 rings (SSSR count). The van der Waals surface area contributed by atoms with Crippen LogP contribution in [0.2, 0.25) is 0 Å². The smallest absolute Gasteiger partial charge is 0.338 e. The molecule has 6 aromatic rings. The van der Waals surface area contributed by atoms with Crippen LogP contribution in [0.5, 0.6) is 69.0 Å². The van der Waals surface area contributed by atoms with Gasteiger partial charge in [0.05, 0.1) is 57.4 Å². The Morgan fingerprint density at radius 2 is 0.364 bits per heavy atom. The van der Waals surface area contributed by atoms with Gasteiger partial charge in [0.1, 0.15) is 109 Å². The Kier molecular flexibility index (Phi) is 17.6. The van der Waals surface area contributed by atoms with Gasteiger partial charge in [0.25, 0.3) is 0 Å². The summed E-state index contributed by atoms with van der Waals surface area (Å²) in [6.45, 7) is -7.92. The largest absolute Gasteiger partial charge is 0.508 e. The van der Waals surface area contributed by atoms with E-state index in [4.69, 9.17) is 33.2 Å². The van der Waals surface area contributed by atoms with E-state index in [2.05, 4.69) is 0 Å². The van der Waals surface area contributed by atoms with E-state index in [0.29, 0.717) is 0 Å². The van der Waals surface area contributed by atoms with Crippen LogP contribution in [0.3, 0.4) is 0 Å². The van der Waals surface area contributed by atoms with Crippen molar-refractivity contribution >= 4 is 35.8 Å². The Balaban J connectivity index is 1.43. The minimum atomic E-state index is -2.18. The van der Waals surface area contributed by atoms with Crippen LogP contribution in [0.15, 0.2) is 109 Å². The lowest BCUT2D eigenvalue weighted by atomic mass is 9.90. The molecule has 0 unspecified atom stereocenters. The SMILES string of the molecule is O=C(OCC(COCC(COC(=O)c1cc(O)cc(O)c1)(COC(=O)c1cc(O)cc(O)c1)COC(=O)c1cc(O)cc(O)c1)(COC(=O)c1cc(O)cc(O)c1)COC(=O)c1cc(O)cc(O)c1)c1cc(O)cc(O)c1. The third-order valence-electron chi connectivity index (χ3n) is 10.7. The molecule has 0 heterocycles. The summed E-state index contributed by atoms with van der Waals surface area (Å²) in [6, 6.07) is 16.1. The van der Waals surface area contributed by atoms with Gasteiger partial charge >= 0.3 is 35.8 Å². The maximum Gasteiger partial charge on any atom is 0.338 e. The van der Waals surface area contributed by atoms with Crippen molar-refractivity contribution in [2.45, 2.75) is 0 Å². The Labute approximate surface area is 433 Å². The Bertz CT molecular complexity index is 2540. The molecule has 0 fully saturated rings. The fraction of sp³-hybridized carbons (Fsp3) is 0.192. The molecule has 0 bridgehead atoms. The van der Waals surface area contributed by atoms with Gasteiger partial charge in [-0.05, 0) is 72.8 Å². The normalized spacial score (nSPS) is 11.2. The number of carbonyl (C=O) groups is 6. The van der Waals surface area contributed by atoms with E-state index in [1.807, 2.05) is 0 Å².